The van der Waals surface area contributed by atoms with Gasteiger partial charge in [0, 0.05) is 37.0 Å². The first-order valence-electron chi connectivity index (χ1n) is 7.84. The van der Waals surface area contributed by atoms with Crippen molar-refractivity contribution >= 4 is 5.91 Å². The molecule has 1 aliphatic carbocycles. The third-order valence-corrected chi connectivity index (χ3v) is 4.06. The number of hydrogen-bond donors (Lipinski definition) is 2. The molecule has 1 fully saturated rings. The zero-order chi connectivity index (χ0) is 14.9. The van der Waals surface area contributed by atoms with Crippen LogP contribution in [0.15, 0.2) is 24.3 Å². The zero-order valence-electron chi connectivity index (χ0n) is 12.8. The first-order valence-corrected chi connectivity index (χ1v) is 7.84. The molecule has 1 atom stereocenters. The molecule has 4 nitrogen and oxygen atoms in total. The van der Waals surface area contributed by atoms with E-state index in [0.29, 0.717) is 19.0 Å². The van der Waals surface area contributed by atoms with Crippen LogP contribution in [0.25, 0.3) is 0 Å². The molecular weight excluding hydrogens is 264 g/mol. The summed E-state index contributed by atoms with van der Waals surface area (Å²) in [5, 5.41) is 6.54. The summed E-state index contributed by atoms with van der Waals surface area (Å²) in [6, 6.07) is 8.85. The van der Waals surface area contributed by atoms with Gasteiger partial charge in [-0.05, 0) is 32.8 Å². The molecular formula is C17H24N2O2. The van der Waals surface area contributed by atoms with Crippen LogP contribution < -0.4 is 15.4 Å². The summed E-state index contributed by atoms with van der Waals surface area (Å²) < 4.78 is 6.02. The van der Waals surface area contributed by atoms with E-state index >= 15 is 0 Å². The van der Waals surface area contributed by atoms with E-state index in [4.69, 9.17) is 4.74 Å². The maximum Gasteiger partial charge on any atom is 0.221 e. The summed E-state index contributed by atoms with van der Waals surface area (Å²) in [5.74, 6) is 1.11. The first-order chi connectivity index (χ1) is 10.0. The van der Waals surface area contributed by atoms with Crippen molar-refractivity contribution < 1.29 is 9.53 Å². The summed E-state index contributed by atoms with van der Waals surface area (Å²) in [4.78, 5) is 11.7. The molecule has 2 N–H and O–H groups in total. The predicted molar refractivity (Wildman–Crippen MR) is 82.3 cm³/mol. The molecule has 0 spiro atoms. The lowest BCUT2D eigenvalue weighted by Gasteiger charge is -2.38. The minimum absolute atomic E-state index is 0.157. The number of amides is 1. The molecule has 1 unspecified atom stereocenters. The number of carbonyl (C=O) groups excluding carboxylic acids is 1. The molecule has 1 heterocycles. The summed E-state index contributed by atoms with van der Waals surface area (Å²) in [5.41, 5.74) is 1.02. The van der Waals surface area contributed by atoms with E-state index in [1.807, 2.05) is 18.2 Å². The van der Waals surface area contributed by atoms with Gasteiger partial charge in [0.05, 0.1) is 0 Å². The SMILES string of the molecule is CC1(C)CC(NCCC(=O)NC2CC2)c2ccccc2O1. The van der Waals surface area contributed by atoms with Gasteiger partial charge in [0.2, 0.25) is 5.91 Å². The molecule has 1 amide bonds. The Hall–Kier alpha value is -1.55. The third kappa shape index (κ3) is 3.76. The second kappa shape index (κ2) is 5.68. The molecule has 0 saturated heterocycles. The van der Waals surface area contributed by atoms with Crippen LogP contribution in [0.3, 0.4) is 0 Å². The molecule has 114 valence electrons. The van der Waals surface area contributed by atoms with Crippen molar-refractivity contribution in [3.05, 3.63) is 29.8 Å². The van der Waals surface area contributed by atoms with Crippen LogP contribution in [-0.4, -0.2) is 24.1 Å². The standard InChI is InChI=1S/C17H24N2O2/c1-17(2)11-14(13-5-3-4-6-15(13)21-17)18-10-9-16(20)19-12-7-8-12/h3-6,12,14,18H,7-11H2,1-2H3,(H,19,20). The lowest BCUT2D eigenvalue weighted by atomic mass is 9.89. The normalized spacial score (nSPS) is 23.0. The van der Waals surface area contributed by atoms with E-state index in [9.17, 15) is 4.79 Å². The number of hydrogen-bond acceptors (Lipinski definition) is 3. The Bertz CT molecular complexity index is 523. The maximum atomic E-state index is 11.7. The summed E-state index contributed by atoms with van der Waals surface area (Å²) in [6.45, 7) is 4.92. The molecule has 0 aromatic heterocycles. The average molecular weight is 288 g/mol. The Kier molecular flexibility index (Phi) is 3.89. The molecule has 1 aromatic rings. The van der Waals surface area contributed by atoms with Gasteiger partial charge in [0.1, 0.15) is 11.4 Å². The fourth-order valence-electron chi connectivity index (χ4n) is 2.87. The molecule has 0 bridgehead atoms. The van der Waals surface area contributed by atoms with Gasteiger partial charge in [-0.25, -0.2) is 0 Å². The lowest BCUT2D eigenvalue weighted by molar-refractivity contribution is -0.121. The number of fused-ring (bicyclic) bond motifs is 1. The van der Waals surface area contributed by atoms with E-state index in [1.165, 1.54) is 5.56 Å². The van der Waals surface area contributed by atoms with E-state index in [-0.39, 0.29) is 17.6 Å². The van der Waals surface area contributed by atoms with Crippen molar-refractivity contribution in [1.29, 1.82) is 0 Å². The molecule has 1 aromatic carbocycles. The van der Waals surface area contributed by atoms with Gasteiger partial charge in [-0.1, -0.05) is 18.2 Å². The number of rotatable bonds is 5. The van der Waals surface area contributed by atoms with Gasteiger partial charge in [-0.15, -0.1) is 0 Å². The Labute approximate surface area is 126 Å². The van der Waals surface area contributed by atoms with Crippen LogP contribution in [-0.2, 0) is 4.79 Å². The van der Waals surface area contributed by atoms with Crippen LogP contribution in [0.1, 0.15) is 51.1 Å². The lowest BCUT2D eigenvalue weighted by Crippen LogP contribution is -2.40. The second-order valence-electron chi connectivity index (χ2n) is 6.70. The van der Waals surface area contributed by atoms with Crippen LogP contribution in [0.5, 0.6) is 5.75 Å². The van der Waals surface area contributed by atoms with Crippen LogP contribution in [0.2, 0.25) is 0 Å². The Balaban J connectivity index is 1.57. The fraction of sp³-hybridized carbons (Fsp3) is 0.588. The van der Waals surface area contributed by atoms with Gasteiger partial charge < -0.3 is 15.4 Å². The van der Waals surface area contributed by atoms with Crippen LogP contribution >= 0.6 is 0 Å². The highest BCUT2D eigenvalue weighted by Crippen LogP contribution is 2.39. The number of ether oxygens (including phenoxy) is 1. The molecule has 2 aliphatic rings. The molecule has 3 rings (SSSR count). The maximum absolute atomic E-state index is 11.7. The predicted octanol–water partition coefficient (Wildman–Crippen LogP) is 2.55. The number of nitrogens with one attached hydrogen (secondary N) is 2. The smallest absolute Gasteiger partial charge is 0.221 e. The van der Waals surface area contributed by atoms with Gasteiger partial charge in [0.25, 0.3) is 0 Å². The van der Waals surface area contributed by atoms with Gasteiger partial charge >= 0.3 is 0 Å². The third-order valence-electron chi connectivity index (χ3n) is 4.06. The Morgan fingerprint density at radius 1 is 1.33 bits per heavy atom. The van der Waals surface area contributed by atoms with E-state index in [2.05, 4.69) is 30.5 Å². The van der Waals surface area contributed by atoms with Gasteiger partial charge in [-0.2, -0.15) is 0 Å². The monoisotopic (exact) mass is 288 g/mol. The average Bonchev–Trinajstić information content (AvgIpc) is 3.21. The molecule has 1 saturated carbocycles. The number of carbonyl (C=O) groups is 1. The highest BCUT2D eigenvalue weighted by molar-refractivity contribution is 5.76. The van der Waals surface area contributed by atoms with Crippen molar-refractivity contribution in [1.82, 2.24) is 10.6 Å². The van der Waals surface area contributed by atoms with Crippen molar-refractivity contribution in [3.8, 4) is 5.75 Å². The summed E-state index contributed by atoms with van der Waals surface area (Å²) in [6.07, 6.45) is 3.73. The largest absolute Gasteiger partial charge is 0.487 e. The minimum Gasteiger partial charge on any atom is -0.487 e. The summed E-state index contributed by atoms with van der Waals surface area (Å²) >= 11 is 0. The van der Waals surface area contributed by atoms with E-state index in [0.717, 1.165) is 25.0 Å². The Morgan fingerprint density at radius 2 is 2.10 bits per heavy atom. The number of benzene rings is 1. The van der Waals surface area contributed by atoms with Crippen molar-refractivity contribution in [2.75, 3.05) is 6.54 Å². The highest BCUT2D eigenvalue weighted by Gasteiger charge is 2.33. The molecule has 1 aliphatic heterocycles. The first kappa shape index (κ1) is 14.4. The Morgan fingerprint density at radius 3 is 2.86 bits per heavy atom. The van der Waals surface area contributed by atoms with Crippen LogP contribution in [0, 0.1) is 0 Å². The topological polar surface area (TPSA) is 50.4 Å². The van der Waals surface area contributed by atoms with Crippen molar-refractivity contribution in [3.63, 3.8) is 0 Å². The fourth-order valence-corrected chi connectivity index (χ4v) is 2.87. The van der Waals surface area contributed by atoms with Gasteiger partial charge in [0.15, 0.2) is 0 Å². The molecule has 21 heavy (non-hydrogen) atoms. The second-order valence-corrected chi connectivity index (χ2v) is 6.70. The van der Waals surface area contributed by atoms with E-state index < -0.39 is 0 Å². The zero-order valence-corrected chi connectivity index (χ0v) is 12.8. The van der Waals surface area contributed by atoms with Crippen LogP contribution in [0.4, 0.5) is 0 Å². The number of para-hydroxylation sites is 1. The molecule has 4 heteroatoms. The minimum atomic E-state index is -0.178. The van der Waals surface area contributed by atoms with Gasteiger partial charge in [-0.3, -0.25) is 4.79 Å². The van der Waals surface area contributed by atoms with Crippen molar-refractivity contribution in [2.45, 2.75) is 57.2 Å². The summed E-state index contributed by atoms with van der Waals surface area (Å²) in [7, 11) is 0. The highest BCUT2D eigenvalue weighted by atomic mass is 16.5. The molecule has 0 radical (unpaired) electrons. The quantitative estimate of drug-likeness (QED) is 0.875. The van der Waals surface area contributed by atoms with E-state index in [1.54, 1.807) is 0 Å². The van der Waals surface area contributed by atoms with Crippen molar-refractivity contribution in [2.24, 2.45) is 0 Å².